The zero-order valence-corrected chi connectivity index (χ0v) is 20.3. The van der Waals surface area contributed by atoms with Gasteiger partial charge in [0.25, 0.3) is 5.91 Å². The molecule has 3 rings (SSSR count). The van der Waals surface area contributed by atoms with Crippen LogP contribution in [0.3, 0.4) is 0 Å². The lowest BCUT2D eigenvalue weighted by Gasteiger charge is -2.35. The maximum atomic E-state index is 13.0. The van der Waals surface area contributed by atoms with Crippen LogP contribution in [0.4, 0.5) is 0 Å². The molecule has 2 aromatic rings. The van der Waals surface area contributed by atoms with E-state index in [9.17, 15) is 14.4 Å². The molecule has 6 nitrogen and oxygen atoms in total. The Balaban J connectivity index is 1.50. The van der Waals surface area contributed by atoms with E-state index in [-0.39, 0.29) is 39.4 Å². The van der Waals surface area contributed by atoms with Gasteiger partial charge in [-0.05, 0) is 43.9 Å². The molecule has 0 aliphatic carbocycles. The molecule has 33 heavy (non-hydrogen) atoms. The van der Waals surface area contributed by atoms with Crippen molar-refractivity contribution in [1.82, 2.24) is 15.5 Å². The van der Waals surface area contributed by atoms with Crippen LogP contribution in [0.25, 0.3) is 0 Å². The van der Waals surface area contributed by atoms with Gasteiger partial charge in [-0.3, -0.25) is 14.4 Å². The summed E-state index contributed by atoms with van der Waals surface area (Å²) in [6.07, 6.45) is 2.08. The Morgan fingerprint density at radius 1 is 1.03 bits per heavy atom. The third-order valence-electron chi connectivity index (χ3n) is 6.00. The molecule has 176 valence electrons. The fraction of sp³-hybridized carbons (Fsp3) is 0.400. The van der Waals surface area contributed by atoms with E-state index in [0.29, 0.717) is 25.9 Å². The van der Waals surface area contributed by atoms with Crippen LogP contribution in [-0.2, 0) is 9.59 Å². The SMILES string of the molecule is CCC(C(=O)N1CCC(NC(=O)C(C)NC(=O)c2cccc(Cl)c2Cl)CC1)c1ccccc1. The molecule has 2 aromatic carbocycles. The molecule has 1 aliphatic heterocycles. The molecule has 2 N–H and O–H groups in total. The molecular formula is C25H29Cl2N3O3. The number of carbonyl (C=O) groups is 3. The predicted molar refractivity (Wildman–Crippen MR) is 131 cm³/mol. The zero-order valence-electron chi connectivity index (χ0n) is 18.8. The highest BCUT2D eigenvalue weighted by atomic mass is 35.5. The maximum Gasteiger partial charge on any atom is 0.253 e. The van der Waals surface area contributed by atoms with Crippen LogP contribution in [-0.4, -0.2) is 47.8 Å². The number of piperidine rings is 1. The van der Waals surface area contributed by atoms with Crippen molar-refractivity contribution in [3.05, 3.63) is 69.7 Å². The summed E-state index contributed by atoms with van der Waals surface area (Å²) in [6, 6.07) is 13.8. The monoisotopic (exact) mass is 489 g/mol. The minimum absolute atomic E-state index is 0.0486. The second-order valence-electron chi connectivity index (χ2n) is 8.28. The molecule has 0 saturated carbocycles. The zero-order chi connectivity index (χ0) is 24.0. The summed E-state index contributed by atoms with van der Waals surface area (Å²) in [6.45, 7) is 4.82. The van der Waals surface area contributed by atoms with E-state index in [4.69, 9.17) is 23.2 Å². The normalized spacial score (nSPS) is 16.1. The van der Waals surface area contributed by atoms with Gasteiger partial charge in [0.2, 0.25) is 11.8 Å². The topological polar surface area (TPSA) is 78.5 Å². The van der Waals surface area contributed by atoms with Gasteiger partial charge in [-0.25, -0.2) is 0 Å². The molecule has 0 spiro atoms. The molecule has 0 bridgehead atoms. The molecule has 1 heterocycles. The highest BCUT2D eigenvalue weighted by Crippen LogP contribution is 2.26. The van der Waals surface area contributed by atoms with Crippen molar-refractivity contribution >= 4 is 40.9 Å². The number of nitrogens with zero attached hydrogens (tertiary/aromatic N) is 1. The number of benzene rings is 2. The lowest BCUT2D eigenvalue weighted by molar-refractivity contribution is -0.134. The van der Waals surface area contributed by atoms with Crippen LogP contribution in [0.15, 0.2) is 48.5 Å². The average Bonchev–Trinajstić information content (AvgIpc) is 2.82. The molecule has 2 unspecified atom stereocenters. The average molecular weight is 490 g/mol. The molecule has 3 amide bonds. The highest BCUT2D eigenvalue weighted by Gasteiger charge is 2.29. The number of hydrogen-bond donors (Lipinski definition) is 2. The Morgan fingerprint density at radius 2 is 1.70 bits per heavy atom. The van der Waals surface area contributed by atoms with Gasteiger partial charge in [0.1, 0.15) is 6.04 Å². The minimum Gasteiger partial charge on any atom is -0.351 e. The van der Waals surface area contributed by atoms with Gasteiger partial charge in [0, 0.05) is 19.1 Å². The van der Waals surface area contributed by atoms with Gasteiger partial charge in [-0.1, -0.05) is 66.5 Å². The van der Waals surface area contributed by atoms with Crippen molar-refractivity contribution in [3.63, 3.8) is 0 Å². The fourth-order valence-corrected chi connectivity index (χ4v) is 4.43. The summed E-state index contributed by atoms with van der Waals surface area (Å²) in [4.78, 5) is 40.0. The van der Waals surface area contributed by atoms with Gasteiger partial charge in [-0.15, -0.1) is 0 Å². The van der Waals surface area contributed by atoms with Gasteiger partial charge >= 0.3 is 0 Å². The van der Waals surface area contributed by atoms with E-state index in [1.54, 1.807) is 25.1 Å². The quantitative estimate of drug-likeness (QED) is 0.604. The predicted octanol–water partition coefficient (Wildman–Crippen LogP) is 4.41. The first-order valence-electron chi connectivity index (χ1n) is 11.2. The molecule has 0 aromatic heterocycles. The fourth-order valence-electron chi connectivity index (χ4n) is 4.05. The summed E-state index contributed by atoms with van der Waals surface area (Å²) < 4.78 is 0. The van der Waals surface area contributed by atoms with Crippen molar-refractivity contribution in [2.45, 2.75) is 51.1 Å². The molecular weight excluding hydrogens is 461 g/mol. The van der Waals surface area contributed by atoms with Crippen LogP contribution >= 0.6 is 23.2 Å². The molecule has 1 aliphatic rings. The van der Waals surface area contributed by atoms with E-state index in [1.807, 2.05) is 42.2 Å². The van der Waals surface area contributed by atoms with Crippen molar-refractivity contribution in [2.75, 3.05) is 13.1 Å². The number of nitrogens with one attached hydrogen (secondary N) is 2. The van der Waals surface area contributed by atoms with Crippen LogP contribution in [0.1, 0.15) is 54.9 Å². The summed E-state index contributed by atoms with van der Waals surface area (Å²) in [5.41, 5.74) is 1.25. The second-order valence-corrected chi connectivity index (χ2v) is 9.06. The van der Waals surface area contributed by atoms with Gasteiger partial charge < -0.3 is 15.5 Å². The smallest absolute Gasteiger partial charge is 0.253 e. The van der Waals surface area contributed by atoms with E-state index in [0.717, 1.165) is 12.0 Å². The van der Waals surface area contributed by atoms with E-state index in [1.165, 1.54) is 0 Å². The summed E-state index contributed by atoms with van der Waals surface area (Å²) in [5, 5.41) is 6.08. The number of carbonyl (C=O) groups excluding carboxylic acids is 3. The molecule has 1 saturated heterocycles. The summed E-state index contributed by atoms with van der Waals surface area (Å²) in [5.74, 6) is -0.752. The molecule has 1 fully saturated rings. The number of likely N-dealkylation sites (tertiary alicyclic amines) is 1. The maximum absolute atomic E-state index is 13.0. The summed E-state index contributed by atoms with van der Waals surface area (Å²) in [7, 11) is 0. The van der Waals surface area contributed by atoms with E-state index >= 15 is 0 Å². The second kappa shape index (κ2) is 11.5. The first kappa shape index (κ1) is 25.1. The number of rotatable bonds is 7. The van der Waals surface area contributed by atoms with Crippen LogP contribution in [0.5, 0.6) is 0 Å². The number of amides is 3. The summed E-state index contributed by atoms with van der Waals surface area (Å²) >= 11 is 12.1. The van der Waals surface area contributed by atoms with Crippen molar-refractivity contribution < 1.29 is 14.4 Å². The molecule has 8 heteroatoms. The lowest BCUT2D eigenvalue weighted by Crippen LogP contribution is -2.52. The van der Waals surface area contributed by atoms with Crippen LogP contribution < -0.4 is 10.6 Å². The lowest BCUT2D eigenvalue weighted by atomic mass is 9.93. The Bertz CT molecular complexity index is 992. The van der Waals surface area contributed by atoms with Crippen molar-refractivity contribution in [3.8, 4) is 0 Å². The Hall–Kier alpha value is -2.57. The largest absolute Gasteiger partial charge is 0.351 e. The van der Waals surface area contributed by atoms with E-state index in [2.05, 4.69) is 10.6 Å². The standard InChI is InChI=1S/C25H29Cl2N3O3/c1-3-19(17-8-5-4-6-9-17)25(33)30-14-12-18(13-15-30)29-23(31)16(2)28-24(32)20-10-7-11-21(26)22(20)27/h4-11,16,18-19H,3,12-15H2,1-2H3,(H,28,32)(H,29,31). The van der Waals surface area contributed by atoms with Crippen LogP contribution in [0, 0.1) is 0 Å². The van der Waals surface area contributed by atoms with Gasteiger partial charge in [-0.2, -0.15) is 0 Å². The van der Waals surface area contributed by atoms with Gasteiger partial charge in [0.15, 0.2) is 0 Å². The highest BCUT2D eigenvalue weighted by molar-refractivity contribution is 6.43. The van der Waals surface area contributed by atoms with Crippen LogP contribution in [0.2, 0.25) is 10.0 Å². The Kier molecular flexibility index (Phi) is 8.75. The third-order valence-corrected chi connectivity index (χ3v) is 6.82. The third kappa shape index (κ3) is 6.27. The Morgan fingerprint density at radius 3 is 2.33 bits per heavy atom. The number of hydrogen-bond acceptors (Lipinski definition) is 3. The minimum atomic E-state index is -0.741. The Labute approximate surface area is 204 Å². The first-order valence-corrected chi connectivity index (χ1v) is 12.0. The number of halogens is 2. The van der Waals surface area contributed by atoms with Crippen molar-refractivity contribution in [2.24, 2.45) is 0 Å². The van der Waals surface area contributed by atoms with Gasteiger partial charge in [0.05, 0.1) is 21.5 Å². The van der Waals surface area contributed by atoms with E-state index < -0.39 is 11.9 Å². The molecule has 0 radical (unpaired) electrons. The van der Waals surface area contributed by atoms with Crippen molar-refractivity contribution in [1.29, 1.82) is 0 Å². The first-order chi connectivity index (χ1) is 15.8. The molecule has 2 atom stereocenters.